The van der Waals surface area contributed by atoms with Gasteiger partial charge >= 0.3 is 0 Å². The first-order chi connectivity index (χ1) is 9.63. The molecule has 0 amide bonds. The molecule has 0 fully saturated rings. The number of nitrogens with zero attached hydrogens (tertiary/aromatic N) is 4. The largest absolute Gasteiger partial charge is 0.475 e. The van der Waals surface area contributed by atoms with E-state index in [2.05, 4.69) is 20.3 Å². The zero-order chi connectivity index (χ0) is 14.4. The number of anilines is 2. The third-order valence-corrected chi connectivity index (χ3v) is 2.53. The van der Waals surface area contributed by atoms with Crippen LogP contribution >= 0.6 is 0 Å². The third-order valence-electron chi connectivity index (χ3n) is 2.53. The van der Waals surface area contributed by atoms with Gasteiger partial charge in [-0.05, 0) is 20.3 Å². The molecule has 20 heavy (non-hydrogen) atoms. The van der Waals surface area contributed by atoms with E-state index >= 15 is 0 Å². The van der Waals surface area contributed by atoms with Gasteiger partial charge in [-0.2, -0.15) is 9.97 Å². The lowest BCUT2D eigenvalue weighted by molar-refractivity contribution is 0.233. The molecule has 0 spiro atoms. The standard InChI is InChI=1S/C13H20N6O/c1-10(2)20-12-8-11(17-13(14)18-12)16-4-3-6-19-7-5-15-9-19/h5,7-10H,3-4,6H2,1-2H3,(H3,14,16,17,18). The van der Waals surface area contributed by atoms with Crippen molar-refractivity contribution in [2.24, 2.45) is 0 Å². The van der Waals surface area contributed by atoms with Gasteiger partial charge in [0.15, 0.2) is 0 Å². The Kier molecular flexibility index (Phi) is 4.75. The molecule has 0 bridgehead atoms. The van der Waals surface area contributed by atoms with Crippen molar-refractivity contribution < 1.29 is 4.74 Å². The Morgan fingerprint density at radius 2 is 2.25 bits per heavy atom. The van der Waals surface area contributed by atoms with Gasteiger partial charge in [0.1, 0.15) is 5.82 Å². The van der Waals surface area contributed by atoms with Crippen molar-refractivity contribution >= 4 is 11.8 Å². The van der Waals surface area contributed by atoms with Gasteiger partial charge in [-0.1, -0.05) is 0 Å². The molecule has 7 nitrogen and oxygen atoms in total. The molecular weight excluding hydrogens is 256 g/mol. The minimum absolute atomic E-state index is 0.0541. The summed E-state index contributed by atoms with van der Waals surface area (Å²) in [5, 5.41) is 3.22. The molecule has 0 aliphatic carbocycles. The highest BCUT2D eigenvalue weighted by Gasteiger charge is 2.04. The van der Waals surface area contributed by atoms with Gasteiger partial charge in [-0.15, -0.1) is 0 Å². The highest BCUT2D eigenvalue weighted by atomic mass is 16.5. The van der Waals surface area contributed by atoms with Crippen LogP contribution in [0.15, 0.2) is 24.8 Å². The van der Waals surface area contributed by atoms with E-state index in [0.29, 0.717) is 11.7 Å². The molecule has 2 aromatic rings. The third kappa shape index (κ3) is 4.42. The van der Waals surface area contributed by atoms with Crippen molar-refractivity contribution in [1.29, 1.82) is 0 Å². The highest BCUT2D eigenvalue weighted by molar-refractivity contribution is 5.42. The van der Waals surface area contributed by atoms with E-state index in [4.69, 9.17) is 10.5 Å². The smallest absolute Gasteiger partial charge is 0.225 e. The second-order valence-electron chi connectivity index (χ2n) is 4.70. The van der Waals surface area contributed by atoms with Crippen molar-refractivity contribution in [3.8, 4) is 5.88 Å². The fourth-order valence-electron chi connectivity index (χ4n) is 1.73. The summed E-state index contributed by atoms with van der Waals surface area (Å²) in [6.07, 6.45) is 6.53. The van der Waals surface area contributed by atoms with Crippen LogP contribution in [0.5, 0.6) is 5.88 Å². The molecule has 2 aromatic heterocycles. The summed E-state index contributed by atoms with van der Waals surface area (Å²) in [5.74, 6) is 1.38. The molecule has 2 heterocycles. The van der Waals surface area contributed by atoms with E-state index in [-0.39, 0.29) is 12.1 Å². The maximum atomic E-state index is 5.66. The Balaban J connectivity index is 1.84. The minimum atomic E-state index is 0.0541. The SMILES string of the molecule is CC(C)Oc1cc(NCCCn2ccnc2)nc(N)n1. The minimum Gasteiger partial charge on any atom is -0.475 e. The van der Waals surface area contributed by atoms with Crippen molar-refractivity contribution in [3.05, 3.63) is 24.8 Å². The zero-order valence-corrected chi connectivity index (χ0v) is 11.8. The first kappa shape index (κ1) is 14.1. The van der Waals surface area contributed by atoms with Crippen LogP contribution in [0.2, 0.25) is 0 Å². The van der Waals surface area contributed by atoms with Crippen LogP contribution in [0.1, 0.15) is 20.3 Å². The van der Waals surface area contributed by atoms with E-state index in [9.17, 15) is 0 Å². The normalized spacial score (nSPS) is 10.8. The van der Waals surface area contributed by atoms with Crippen LogP contribution in [0.25, 0.3) is 0 Å². The number of aryl methyl sites for hydroxylation is 1. The van der Waals surface area contributed by atoms with Crippen molar-refractivity contribution in [2.45, 2.75) is 32.9 Å². The molecule has 7 heteroatoms. The lowest BCUT2D eigenvalue weighted by Crippen LogP contribution is -2.11. The Labute approximate surface area is 118 Å². The highest BCUT2D eigenvalue weighted by Crippen LogP contribution is 2.15. The molecular formula is C13H20N6O. The first-order valence-electron chi connectivity index (χ1n) is 6.64. The summed E-state index contributed by atoms with van der Waals surface area (Å²) >= 11 is 0. The molecule has 2 rings (SSSR count). The van der Waals surface area contributed by atoms with Gasteiger partial charge in [-0.25, -0.2) is 4.98 Å². The maximum absolute atomic E-state index is 5.66. The Morgan fingerprint density at radius 1 is 1.40 bits per heavy atom. The maximum Gasteiger partial charge on any atom is 0.225 e. The number of imidazole rings is 1. The monoisotopic (exact) mass is 276 g/mol. The number of hydrogen-bond acceptors (Lipinski definition) is 6. The van der Waals surface area contributed by atoms with Crippen molar-refractivity contribution in [3.63, 3.8) is 0 Å². The van der Waals surface area contributed by atoms with Gasteiger partial charge in [0.25, 0.3) is 0 Å². The number of nitrogen functional groups attached to an aromatic ring is 1. The van der Waals surface area contributed by atoms with Crippen molar-refractivity contribution in [2.75, 3.05) is 17.6 Å². The quantitative estimate of drug-likeness (QED) is 0.745. The van der Waals surface area contributed by atoms with Gasteiger partial charge in [0.2, 0.25) is 11.8 Å². The fraction of sp³-hybridized carbons (Fsp3) is 0.462. The number of nitrogens with one attached hydrogen (secondary N) is 1. The molecule has 3 N–H and O–H groups in total. The first-order valence-corrected chi connectivity index (χ1v) is 6.64. The van der Waals surface area contributed by atoms with Gasteiger partial charge in [-0.3, -0.25) is 0 Å². The van der Waals surface area contributed by atoms with E-state index < -0.39 is 0 Å². The summed E-state index contributed by atoms with van der Waals surface area (Å²) in [6.45, 7) is 5.58. The second-order valence-corrected chi connectivity index (χ2v) is 4.70. The average Bonchev–Trinajstić information content (AvgIpc) is 2.86. The molecule has 0 unspecified atom stereocenters. The van der Waals surface area contributed by atoms with Crippen LogP contribution in [0, 0.1) is 0 Å². The predicted molar refractivity (Wildman–Crippen MR) is 77.5 cm³/mol. The molecule has 0 saturated heterocycles. The summed E-state index contributed by atoms with van der Waals surface area (Å²) in [5.41, 5.74) is 5.66. The molecule has 0 atom stereocenters. The van der Waals surface area contributed by atoms with E-state index in [1.807, 2.05) is 24.6 Å². The van der Waals surface area contributed by atoms with Crippen LogP contribution in [-0.4, -0.2) is 32.2 Å². The molecule has 0 aliphatic rings. The molecule has 0 aromatic carbocycles. The van der Waals surface area contributed by atoms with Gasteiger partial charge in [0, 0.05) is 31.5 Å². The van der Waals surface area contributed by atoms with Crippen LogP contribution < -0.4 is 15.8 Å². The van der Waals surface area contributed by atoms with Crippen LogP contribution in [0.4, 0.5) is 11.8 Å². The predicted octanol–water partition coefficient (Wildman–Crippen LogP) is 1.54. The molecule has 0 saturated carbocycles. The Morgan fingerprint density at radius 3 is 2.95 bits per heavy atom. The zero-order valence-electron chi connectivity index (χ0n) is 11.8. The summed E-state index contributed by atoms with van der Waals surface area (Å²) in [7, 11) is 0. The van der Waals surface area contributed by atoms with E-state index in [1.54, 1.807) is 18.6 Å². The Bertz CT molecular complexity index is 526. The number of nitrogens with two attached hydrogens (primary N) is 1. The second kappa shape index (κ2) is 6.74. The number of rotatable bonds is 7. The van der Waals surface area contributed by atoms with E-state index in [0.717, 1.165) is 19.5 Å². The number of ether oxygens (including phenoxy) is 1. The van der Waals surface area contributed by atoms with Gasteiger partial charge in [0.05, 0.1) is 12.4 Å². The molecule has 0 radical (unpaired) electrons. The molecule has 0 aliphatic heterocycles. The van der Waals surface area contributed by atoms with Crippen LogP contribution in [0.3, 0.4) is 0 Å². The average molecular weight is 276 g/mol. The van der Waals surface area contributed by atoms with Crippen molar-refractivity contribution in [1.82, 2.24) is 19.5 Å². The lowest BCUT2D eigenvalue weighted by Gasteiger charge is -2.11. The summed E-state index contributed by atoms with van der Waals surface area (Å²) < 4.78 is 7.55. The lowest BCUT2D eigenvalue weighted by atomic mass is 10.4. The van der Waals surface area contributed by atoms with E-state index in [1.165, 1.54) is 0 Å². The number of aromatic nitrogens is 4. The Hall–Kier alpha value is -2.31. The summed E-state index contributed by atoms with van der Waals surface area (Å²) in [4.78, 5) is 12.2. The summed E-state index contributed by atoms with van der Waals surface area (Å²) in [6, 6.07) is 1.76. The molecule has 108 valence electrons. The van der Waals surface area contributed by atoms with Crippen LogP contribution in [-0.2, 0) is 6.54 Å². The fourth-order valence-corrected chi connectivity index (χ4v) is 1.73. The van der Waals surface area contributed by atoms with Gasteiger partial charge < -0.3 is 20.4 Å². The number of hydrogen-bond donors (Lipinski definition) is 2. The topological polar surface area (TPSA) is 90.9 Å².